The molecule has 3 amide bonds. The number of fused-ring (bicyclic) bond motifs is 1. The SMILES string of the molecule is Cn1c(C(=O)Nc2cccc(NC(=O)Nc3ccccc3)c2)c(Cl)c2ccccc21. The van der Waals surface area contributed by atoms with Crippen LogP contribution in [0, 0.1) is 0 Å². The molecule has 3 aromatic carbocycles. The van der Waals surface area contributed by atoms with Crippen molar-refractivity contribution in [2.45, 2.75) is 0 Å². The van der Waals surface area contributed by atoms with Crippen molar-refractivity contribution in [1.82, 2.24) is 4.57 Å². The van der Waals surface area contributed by atoms with Gasteiger partial charge >= 0.3 is 6.03 Å². The van der Waals surface area contributed by atoms with E-state index in [0.29, 0.717) is 27.8 Å². The van der Waals surface area contributed by atoms with E-state index in [1.165, 1.54) is 0 Å². The fourth-order valence-electron chi connectivity index (χ4n) is 3.28. The topological polar surface area (TPSA) is 75.2 Å². The highest BCUT2D eigenvalue weighted by atomic mass is 35.5. The Kier molecular flexibility index (Phi) is 5.41. The summed E-state index contributed by atoms with van der Waals surface area (Å²) in [4.78, 5) is 25.1. The summed E-state index contributed by atoms with van der Waals surface area (Å²) in [5, 5.41) is 9.58. The third-order valence-electron chi connectivity index (χ3n) is 4.67. The summed E-state index contributed by atoms with van der Waals surface area (Å²) in [5.41, 5.74) is 3.02. The standard InChI is InChI=1S/C23H19ClN4O2/c1-28-19-13-6-5-12-18(19)20(24)21(28)22(29)25-16-10-7-11-17(14-16)27-23(30)26-15-8-3-2-4-9-15/h2-14H,1H3,(H,25,29)(H2,26,27,30). The average Bonchev–Trinajstić information content (AvgIpc) is 2.99. The molecule has 0 spiro atoms. The quantitative estimate of drug-likeness (QED) is 0.396. The van der Waals surface area contributed by atoms with Crippen LogP contribution in [-0.2, 0) is 7.05 Å². The minimum Gasteiger partial charge on any atom is -0.338 e. The van der Waals surface area contributed by atoms with Crippen molar-refractivity contribution < 1.29 is 9.59 Å². The molecular weight excluding hydrogens is 400 g/mol. The maximum atomic E-state index is 12.9. The zero-order chi connectivity index (χ0) is 21.1. The maximum Gasteiger partial charge on any atom is 0.323 e. The molecule has 0 bridgehead atoms. The first kappa shape index (κ1) is 19.5. The summed E-state index contributed by atoms with van der Waals surface area (Å²) in [5.74, 6) is -0.329. The van der Waals surface area contributed by atoms with Crippen LogP contribution in [-0.4, -0.2) is 16.5 Å². The van der Waals surface area contributed by atoms with Crippen LogP contribution in [0.25, 0.3) is 10.9 Å². The van der Waals surface area contributed by atoms with Gasteiger partial charge in [0.25, 0.3) is 5.91 Å². The van der Waals surface area contributed by atoms with Crippen molar-refractivity contribution in [3.05, 3.63) is 89.6 Å². The highest BCUT2D eigenvalue weighted by molar-refractivity contribution is 6.39. The van der Waals surface area contributed by atoms with E-state index < -0.39 is 0 Å². The molecular formula is C23H19ClN4O2. The van der Waals surface area contributed by atoms with Gasteiger partial charge in [-0.05, 0) is 36.4 Å². The number of amides is 3. The van der Waals surface area contributed by atoms with Gasteiger partial charge in [0, 0.05) is 35.0 Å². The number of carbonyl (C=O) groups excluding carboxylic acids is 2. The molecule has 30 heavy (non-hydrogen) atoms. The van der Waals surface area contributed by atoms with E-state index in [0.717, 1.165) is 10.9 Å². The van der Waals surface area contributed by atoms with Gasteiger partial charge in [0.15, 0.2) is 0 Å². The van der Waals surface area contributed by atoms with Crippen LogP contribution >= 0.6 is 11.6 Å². The number of rotatable bonds is 4. The molecule has 0 radical (unpaired) electrons. The molecule has 1 heterocycles. The Morgan fingerprint density at radius 2 is 1.37 bits per heavy atom. The van der Waals surface area contributed by atoms with Gasteiger partial charge in [-0.25, -0.2) is 4.79 Å². The minimum absolute atomic E-state index is 0.329. The summed E-state index contributed by atoms with van der Waals surface area (Å²) in [6.07, 6.45) is 0. The number of nitrogens with one attached hydrogen (secondary N) is 3. The molecule has 0 unspecified atom stereocenters. The lowest BCUT2D eigenvalue weighted by molar-refractivity contribution is 0.102. The fourth-order valence-corrected chi connectivity index (χ4v) is 3.65. The lowest BCUT2D eigenvalue weighted by Crippen LogP contribution is -2.20. The number of urea groups is 1. The molecule has 0 atom stereocenters. The predicted molar refractivity (Wildman–Crippen MR) is 121 cm³/mol. The Balaban J connectivity index is 1.49. The number of hydrogen-bond donors (Lipinski definition) is 3. The van der Waals surface area contributed by atoms with E-state index in [9.17, 15) is 9.59 Å². The summed E-state index contributed by atoms with van der Waals surface area (Å²) in [6, 6.07) is 23.2. The maximum absolute atomic E-state index is 12.9. The van der Waals surface area contributed by atoms with Crippen LogP contribution in [0.5, 0.6) is 0 Å². The normalized spacial score (nSPS) is 10.6. The lowest BCUT2D eigenvalue weighted by Gasteiger charge is -2.10. The molecule has 1 aromatic heterocycles. The number of anilines is 3. The molecule has 4 rings (SSSR count). The van der Waals surface area contributed by atoms with E-state index >= 15 is 0 Å². The second-order valence-electron chi connectivity index (χ2n) is 6.72. The number of para-hydroxylation sites is 2. The molecule has 0 fully saturated rings. The lowest BCUT2D eigenvalue weighted by atomic mass is 10.2. The van der Waals surface area contributed by atoms with Gasteiger partial charge < -0.3 is 20.5 Å². The zero-order valence-corrected chi connectivity index (χ0v) is 16.9. The molecule has 4 aromatic rings. The van der Waals surface area contributed by atoms with Crippen molar-refractivity contribution >= 4 is 51.5 Å². The molecule has 7 heteroatoms. The van der Waals surface area contributed by atoms with Crippen molar-refractivity contribution in [2.24, 2.45) is 7.05 Å². The molecule has 0 aliphatic heterocycles. The number of aryl methyl sites for hydroxylation is 1. The summed E-state index contributed by atoms with van der Waals surface area (Å²) < 4.78 is 1.77. The van der Waals surface area contributed by atoms with Gasteiger partial charge in [-0.15, -0.1) is 0 Å². The fraction of sp³-hybridized carbons (Fsp3) is 0.0435. The summed E-state index contributed by atoms with van der Waals surface area (Å²) >= 11 is 6.45. The molecule has 0 saturated heterocycles. The predicted octanol–water partition coefficient (Wildman–Crippen LogP) is 5.73. The molecule has 150 valence electrons. The number of halogens is 1. The first-order valence-corrected chi connectivity index (χ1v) is 9.68. The smallest absolute Gasteiger partial charge is 0.323 e. The molecule has 0 saturated carbocycles. The van der Waals surface area contributed by atoms with Crippen LogP contribution in [0.3, 0.4) is 0 Å². The number of nitrogens with zero attached hydrogens (tertiary/aromatic N) is 1. The van der Waals surface area contributed by atoms with Gasteiger partial charge in [-0.1, -0.05) is 54.1 Å². The highest BCUT2D eigenvalue weighted by Crippen LogP contribution is 2.30. The van der Waals surface area contributed by atoms with Crippen molar-refractivity contribution in [3.63, 3.8) is 0 Å². The highest BCUT2D eigenvalue weighted by Gasteiger charge is 2.19. The van der Waals surface area contributed by atoms with Crippen LogP contribution in [0.1, 0.15) is 10.5 Å². The Hall–Kier alpha value is -3.77. The van der Waals surface area contributed by atoms with Crippen LogP contribution in [0.2, 0.25) is 5.02 Å². The van der Waals surface area contributed by atoms with Crippen LogP contribution in [0.15, 0.2) is 78.9 Å². The number of aromatic nitrogens is 1. The van der Waals surface area contributed by atoms with Gasteiger partial charge in [-0.3, -0.25) is 4.79 Å². The average molecular weight is 419 g/mol. The first-order chi connectivity index (χ1) is 14.5. The zero-order valence-electron chi connectivity index (χ0n) is 16.1. The van der Waals surface area contributed by atoms with E-state index in [-0.39, 0.29) is 11.9 Å². The van der Waals surface area contributed by atoms with E-state index in [1.807, 2.05) is 42.5 Å². The molecule has 3 N–H and O–H groups in total. The Morgan fingerprint density at radius 1 is 0.767 bits per heavy atom. The number of hydrogen-bond acceptors (Lipinski definition) is 2. The van der Waals surface area contributed by atoms with E-state index in [1.54, 1.807) is 48.0 Å². The van der Waals surface area contributed by atoms with E-state index in [2.05, 4.69) is 16.0 Å². The Labute approximate surface area is 178 Å². The number of benzene rings is 3. The monoisotopic (exact) mass is 418 g/mol. The Morgan fingerprint density at radius 3 is 2.10 bits per heavy atom. The minimum atomic E-state index is -0.374. The second kappa shape index (κ2) is 8.31. The largest absolute Gasteiger partial charge is 0.338 e. The first-order valence-electron chi connectivity index (χ1n) is 9.30. The van der Waals surface area contributed by atoms with Crippen LogP contribution in [0.4, 0.5) is 21.9 Å². The molecule has 0 aliphatic rings. The van der Waals surface area contributed by atoms with Crippen LogP contribution < -0.4 is 16.0 Å². The van der Waals surface area contributed by atoms with Gasteiger partial charge in [0.05, 0.1) is 5.02 Å². The van der Waals surface area contributed by atoms with Gasteiger partial charge in [0.1, 0.15) is 5.69 Å². The third-order valence-corrected chi connectivity index (χ3v) is 5.05. The van der Waals surface area contributed by atoms with Crippen molar-refractivity contribution in [3.8, 4) is 0 Å². The van der Waals surface area contributed by atoms with Crippen molar-refractivity contribution in [1.29, 1.82) is 0 Å². The van der Waals surface area contributed by atoms with Crippen molar-refractivity contribution in [2.75, 3.05) is 16.0 Å². The summed E-state index contributed by atoms with van der Waals surface area (Å²) in [6.45, 7) is 0. The molecule has 0 aliphatic carbocycles. The summed E-state index contributed by atoms with van der Waals surface area (Å²) in [7, 11) is 1.80. The van der Waals surface area contributed by atoms with Gasteiger partial charge in [-0.2, -0.15) is 0 Å². The third kappa shape index (κ3) is 3.99. The second-order valence-corrected chi connectivity index (χ2v) is 7.10. The number of carbonyl (C=O) groups is 2. The Bertz CT molecular complexity index is 1200. The van der Waals surface area contributed by atoms with E-state index in [4.69, 9.17) is 11.6 Å². The molecule has 6 nitrogen and oxygen atoms in total. The van der Waals surface area contributed by atoms with Gasteiger partial charge in [0.2, 0.25) is 0 Å².